The summed E-state index contributed by atoms with van der Waals surface area (Å²) < 4.78 is 14.9. The Morgan fingerprint density at radius 3 is 2.87 bits per heavy atom. The maximum atomic E-state index is 14.9. The summed E-state index contributed by atoms with van der Waals surface area (Å²) in [5, 5.41) is 6.17. The molecular formula is C25H25FN4O. The normalized spacial score (nSPS) is 12.3. The van der Waals surface area contributed by atoms with E-state index in [0.717, 1.165) is 36.1 Å². The zero-order valence-corrected chi connectivity index (χ0v) is 17.7. The Balaban J connectivity index is 1.50. The van der Waals surface area contributed by atoms with E-state index in [1.165, 1.54) is 0 Å². The zero-order chi connectivity index (χ0) is 21.8. The fraction of sp³-hybridized carbons (Fsp3) is 0.240. The fourth-order valence-electron chi connectivity index (χ4n) is 3.65. The molecule has 0 unspecified atom stereocenters. The maximum absolute atomic E-state index is 14.9. The Kier molecular flexibility index (Phi) is 6.07. The van der Waals surface area contributed by atoms with Gasteiger partial charge in [-0.25, -0.2) is 9.37 Å². The number of allylic oxidation sites excluding steroid dienone is 1. The minimum Gasteiger partial charge on any atom is -0.338 e. The summed E-state index contributed by atoms with van der Waals surface area (Å²) in [6.07, 6.45) is 6.67. The summed E-state index contributed by atoms with van der Waals surface area (Å²) in [7, 11) is 0. The van der Waals surface area contributed by atoms with Crippen LogP contribution in [0.2, 0.25) is 0 Å². The second kappa shape index (κ2) is 9.08. The second-order valence-electron chi connectivity index (χ2n) is 7.79. The highest BCUT2D eigenvalue weighted by molar-refractivity contribution is 5.97. The first-order valence-corrected chi connectivity index (χ1v) is 10.5. The number of carbonyl (C=O) groups excluding carboxylic acids is 1. The van der Waals surface area contributed by atoms with Crippen LogP contribution >= 0.6 is 0 Å². The van der Waals surface area contributed by atoms with Gasteiger partial charge in [-0.2, -0.15) is 4.98 Å². The molecule has 0 spiro atoms. The third-order valence-electron chi connectivity index (χ3n) is 5.25. The second-order valence-corrected chi connectivity index (χ2v) is 7.79. The van der Waals surface area contributed by atoms with Crippen LogP contribution in [-0.4, -0.2) is 15.8 Å². The number of ketones is 1. The summed E-state index contributed by atoms with van der Waals surface area (Å²) >= 11 is 0. The highest BCUT2D eigenvalue weighted by Gasteiger charge is 2.17. The average Bonchev–Trinajstić information content (AvgIpc) is 3.16. The van der Waals surface area contributed by atoms with Gasteiger partial charge in [-0.1, -0.05) is 43.2 Å². The van der Waals surface area contributed by atoms with Gasteiger partial charge in [0, 0.05) is 29.4 Å². The molecule has 0 radical (unpaired) electrons. The summed E-state index contributed by atoms with van der Waals surface area (Å²) in [4.78, 5) is 21.0. The van der Waals surface area contributed by atoms with E-state index in [1.54, 1.807) is 24.4 Å². The maximum Gasteiger partial charge on any atom is 0.229 e. The summed E-state index contributed by atoms with van der Waals surface area (Å²) in [5.41, 5.74) is 4.55. The standard InChI is InChI=1S/C25H25FN4O/c1-3-4-8-22(31)18-6-5-7-19(15-18)28-25-27-12-11-23(30-25)29-21-10-9-17-13-16(2)14-20(17)24(21)26/h5-7,9-12,14-15H,3-4,8,13H2,1-2H3,(H2,27,28,29,30). The fourth-order valence-corrected chi connectivity index (χ4v) is 3.65. The van der Waals surface area contributed by atoms with Gasteiger partial charge in [0.2, 0.25) is 5.95 Å². The lowest BCUT2D eigenvalue weighted by Gasteiger charge is -2.11. The van der Waals surface area contributed by atoms with Gasteiger partial charge >= 0.3 is 0 Å². The van der Waals surface area contributed by atoms with E-state index < -0.39 is 0 Å². The van der Waals surface area contributed by atoms with Gasteiger partial charge in [-0.15, -0.1) is 0 Å². The number of halogens is 1. The third-order valence-corrected chi connectivity index (χ3v) is 5.25. The minimum atomic E-state index is -0.277. The molecule has 3 aromatic rings. The Hall–Kier alpha value is -3.54. The van der Waals surface area contributed by atoms with Crippen LogP contribution in [0.1, 0.15) is 54.6 Å². The van der Waals surface area contributed by atoms with Crippen LogP contribution in [0, 0.1) is 5.82 Å². The van der Waals surface area contributed by atoms with E-state index in [-0.39, 0.29) is 11.6 Å². The number of aromatic nitrogens is 2. The summed E-state index contributed by atoms with van der Waals surface area (Å²) in [6.45, 7) is 4.07. The molecule has 6 heteroatoms. The number of anilines is 4. The molecule has 0 aliphatic heterocycles. The smallest absolute Gasteiger partial charge is 0.229 e. The van der Waals surface area contributed by atoms with E-state index >= 15 is 0 Å². The first-order valence-electron chi connectivity index (χ1n) is 10.5. The molecule has 0 amide bonds. The van der Waals surface area contributed by atoms with E-state index in [9.17, 15) is 9.18 Å². The summed E-state index contributed by atoms with van der Waals surface area (Å²) in [6, 6.07) is 12.7. The molecule has 2 N–H and O–H groups in total. The number of unbranched alkanes of at least 4 members (excludes halogenated alkanes) is 1. The molecule has 1 heterocycles. The van der Waals surface area contributed by atoms with Crippen LogP contribution in [-0.2, 0) is 6.42 Å². The van der Waals surface area contributed by atoms with Crippen molar-refractivity contribution in [1.29, 1.82) is 0 Å². The van der Waals surface area contributed by atoms with E-state index in [4.69, 9.17) is 0 Å². The number of hydrogen-bond acceptors (Lipinski definition) is 5. The SMILES string of the molecule is CCCCC(=O)c1cccc(Nc2nccc(Nc3ccc4c(c3F)C=C(C)C4)n2)c1. The predicted molar refractivity (Wildman–Crippen MR) is 123 cm³/mol. The molecule has 4 rings (SSSR count). The zero-order valence-electron chi connectivity index (χ0n) is 17.7. The molecule has 1 aliphatic carbocycles. The number of fused-ring (bicyclic) bond motifs is 1. The van der Waals surface area contributed by atoms with Gasteiger partial charge in [-0.05, 0) is 49.6 Å². The largest absolute Gasteiger partial charge is 0.338 e. The average molecular weight is 417 g/mol. The third kappa shape index (κ3) is 4.79. The van der Waals surface area contributed by atoms with E-state index in [0.29, 0.717) is 35.0 Å². The lowest BCUT2D eigenvalue weighted by Crippen LogP contribution is -2.03. The van der Waals surface area contributed by atoms with Crippen molar-refractivity contribution in [2.24, 2.45) is 0 Å². The summed E-state index contributed by atoms with van der Waals surface area (Å²) in [5.74, 6) is 0.685. The van der Waals surface area contributed by atoms with Gasteiger partial charge < -0.3 is 10.6 Å². The molecule has 2 aromatic carbocycles. The van der Waals surface area contributed by atoms with Gasteiger partial charge in [0.15, 0.2) is 11.6 Å². The van der Waals surface area contributed by atoms with Gasteiger partial charge in [-0.3, -0.25) is 4.79 Å². The molecule has 158 valence electrons. The van der Waals surface area contributed by atoms with Crippen molar-refractivity contribution in [2.75, 3.05) is 10.6 Å². The number of rotatable bonds is 8. The highest BCUT2D eigenvalue weighted by atomic mass is 19.1. The lowest BCUT2D eigenvalue weighted by atomic mass is 10.1. The van der Waals surface area contributed by atoms with Crippen LogP contribution in [0.25, 0.3) is 6.08 Å². The Morgan fingerprint density at radius 1 is 1.16 bits per heavy atom. The molecule has 0 atom stereocenters. The Bertz CT molecular complexity index is 1160. The molecule has 0 bridgehead atoms. The molecule has 1 aliphatic rings. The van der Waals surface area contributed by atoms with E-state index in [2.05, 4.69) is 27.5 Å². The van der Waals surface area contributed by atoms with Crippen molar-refractivity contribution in [3.8, 4) is 0 Å². The first kappa shape index (κ1) is 20.7. The van der Waals surface area contributed by atoms with Crippen LogP contribution in [0.15, 0.2) is 54.2 Å². The van der Waals surface area contributed by atoms with Crippen LogP contribution < -0.4 is 10.6 Å². The predicted octanol–water partition coefficient (Wildman–Crippen LogP) is 6.44. The molecule has 5 nitrogen and oxygen atoms in total. The molecule has 0 saturated heterocycles. The number of nitrogens with one attached hydrogen (secondary N) is 2. The molecule has 0 fully saturated rings. The number of Topliss-reactive ketones (excluding diaryl/α,β-unsaturated/α-hetero) is 1. The molecule has 0 saturated carbocycles. The lowest BCUT2D eigenvalue weighted by molar-refractivity contribution is 0.0980. The van der Waals surface area contributed by atoms with Crippen molar-refractivity contribution < 1.29 is 9.18 Å². The van der Waals surface area contributed by atoms with E-state index in [1.807, 2.05) is 37.3 Å². The van der Waals surface area contributed by atoms with Crippen molar-refractivity contribution >= 4 is 35.0 Å². The van der Waals surface area contributed by atoms with Crippen LogP contribution in [0.3, 0.4) is 0 Å². The number of nitrogens with zero attached hydrogens (tertiary/aromatic N) is 2. The molecule has 1 aromatic heterocycles. The Labute approximate surface area is 181 Å². The minimum absolute atomic E-state index is 0.123. The van der Waals surface area contributed by atoms with Gasteiger partial charge in [0.25, 0.3) is 0 Å². The number of carbonyl (C=O) groups is 1. The highest BCUT2D eigenvalue weighted by Crippen LogP contribution is 2.32. The van der Waals surface area contributed by atoms with Crippen molar-refractivity contribution in [3.63, 3.8) is 0 Å². The molecular weight excluding hydrogens is 391 g/mol. The van der Waals surface area contributed by atoms with Gasteiger partial charge in [0.1, 0.15) is 5.82 Å². The van der Waals surface area contributed by atoms with Crippen LogP contribution in [0.4, 0.5) is 27.5 Å². The van der Waals surface area contributed by atoms with Crippen molar-refractivity contribution in [3.05, 3.63) is 76.7 Å². The van der Waals surface area contributed by atoms with Crippen molar-refractivity contribution in [2.45, 2.75) is 39.5 Å². The van der Waals surface area contributed by atoms with Crippen molar-refractivity contribution in [1.82, 2.24) is 9.97 Å². The first-order chi connectivity index (χ1) is 15.0. The van der Waals surface area contributed by atoms with Gasteiger partial charge in [0.05, 0.1) is 5.69 Å². The topological polar surface area (TPSA) is 66.9 Å². The monoisotopic (exact) mass is 416 g/mol. The Morgan fingerprint density at radius 2 is 2.03 bits per heavy atom. The quantitative estimate of drug-likeness (QED) is 0.414. The number of hydrogen-bond donors (Lipinski definition) is 2. The van der Waals surface area contributed by atoms with Crippen LogP contribution in [0.5, 0.6) is 0 Å². The number of benzene rings is 2. The molecule has 31 heavy (non-hydrogen) atoms.